The van der Waals surface area contributed by atoms with Crippen molar-refractivity contribution < 1.29 is 22.4 Å². The summed E-state index contributed by atoms with van der Waals surface area (Å²) in [5, 5.41) is 2.58. The third-order valence-electron chi connectivity index (χ3n) is 4.78. The highest BCUT2D eigenvalue weighted by atomic mass is 79.9. The highest BCUT2D eigenvalue weighted by Crippen LogP contribution is 2.26. The lowest BCUT2D eigenvalue weighted by molar-refractivity contribution is -0.130. The van der Waals surface area contributed by atoms with Crippen LogP contribution < -0.4 is 11.1 Å². The van der Waals surface area contributed by atoms with E-state index >= 15 is 0 Å². The van der Waals surface area contributed by atoms with Crippen molar-refractivity contribution in [1.82, 2.24) is 14.5 Å². The molecule has 0 spiro atoms. The number of amides is 2. The number of carbonyl (C=O) groups excluding carboxylic acids is 2. The Hall–Kier alpha value is -2.34. The van der Waals surface area contributed by atoms with Gasteiger partial charge in [0, 0.05) is 36.2 Å². The Morgan fingerprint density at radius 1 is 1.16 bits per heavy atom. The number of nitrogens with two attached hydrogens (primary N) is 1. The number of nitrogens with one attached hydrogen (secondary N) is 1. The fourth-order valence-corrected chi connectivity index (χ4v) is 5.34. The van der Waals surface area contributed by atoms with Gasteiger partial charge in [0.05, 0.1) is 4.90 Å². The maximum absolute atomic E-state index is 13.3. The van der Waals surface area contributed by atoms with Crippen molar-refractivity contribution in [1.29, 1.82) is 0 Å². The molecule has 0 aliphatic carbocycles. The lowest BCUT2D eigenvalue weighted by Gasteiger charge is -2.41. The lowest BCUT2D eigenvalue weighted by atomic mass is 10.1. The molecule has 2 amide bonds. The van der Waals surface area contributed by atoms with Crippen molar-refractivity contribution in [3.05, 3.63) is 64.4 Å². The van der Waals surface area contributed by atoms with Crippen molar-refractivity contribution in [2.24, 2.45) is 5.73 Å². The first-order chi connectivity index (χ1) is 14.8. The van der Waals surface area contributed by atoms with E-state index in [1.165, 1.54) is 4.90 Å². The summed E-state index contributed by atoms with van der Waals surface area (Å²) in [6.45, 7) is 0.506. The van der Waals surface area contributed by atoms with Crippen LogP contribution in [0.4, 0.5) is 4.39 Å². The van der Waals surface area contributed by atoms with Gasteiger partial charge in [0.2, 0.25) is 10.0 Å². The summed E-state index contributed by atoms with van der Waals surface area (Å²) in [5.74, 6) is -1.71. The summed E-state index contributed by atoms with van der Waals surface area (Å²) in [6, 6.07) is 11.0. The van der Waals surface area contributed by atoms with Gasteiger partial charge in [-0.2, -0.15) is 4.31 Å². The first-order valence-electron chi connectivity index (χ1n) is 9.57. The number of hydrogen-bond acceptors (Lipinski definition) is 5. The van der Waals surface area contributed by atoms with Crippen LogP contribution in [0.2, 0.25) is 0 Å². The van der Waals surface area contributed by atoms with Crippen LogP contribution in [0, 0.1) is 5.82 Å². The highest BCUT2D eigenvalue weighted by molar-refractivity contribution is 9.10. The first kappa shape index (κ1) is 23.3. The van der Waals surface area contributed by atoms with E-state index in [2.05, 4.69) is 21.2 Å². The number of carbonyl (C=O) groups is 2. The van der Waals surface area contributed by atoms with Crippen LogP contribution in [0.1, 0.15) is 16.8 Å². The van der Waals surface area contributed by atoms with Gasteiger partial charge in [-0.05, 0) is 48.9 Å². The lowest BCUT2D eigenvalue weighted by Crippen LogP contribution is -2.63. The molecule has 8 nitrogen and oxygen atoms in total. The van der Waals surface area contributed by atoms with Crippen LogP contribution in [0.25, 0.3) is 0 Å². The molecule has 1 aliphatic rings. The quantitative estimate of drug-likeness (QED) is 0.609. The Kier molecular flexibility index (Phi) is 7.42. The van der Waals surface area contributed by atoms with E-state index in [1.54, 1.807) is 24.3 Å². The van der Waals surface area contributed by atoms with Gasteiger partial charge in [-0.3, -0.25) is 9.59 Å². The molecule has 0 aromatic heterocycles. The summed E-state index contributed by atoms with van der Waals surface area (Å²) < 4.78 is 41.6. The van der Waals surface area contributed by atoms with Crippen molar-refractivity contribution >= 4 is 37.8 Å². The maximum Gasteiger partial charge on any atom is 0.259 e. The molecule has 1 aliphatic heterocycles. The Morgan fingerprint density at radius 3 is 2.52 bits per heavy atom. The zero-order valence-electron chi connectivity index (χ0n) is 16.5. The first-order valence-corrected chi connectivity index (χ1v) is 11.8. The third kappa shape index (κ3) is 5.12. The number of rotatable bonds is 6. The van der Waals surface area contributed by atoms with Gasteiger partial charge < -0.3 is 16.0 Å². The van der Waals surface area contributed by atoms with Crippen LogP contribution in [-0.4, -0.2) is 61.8 Å². The monoisotopic (exact) mass is 512 g/mol. The predicted octanol–water partition coefficient (Wildman–Crippen LogP) is 1.53. The molecule has 31 heavy (non-hydrogen) atoms. The van der Waals surface area contributed by atoms with Crippen LogP contribution in [-0.2, 0) is 14.8 Å². The average Bonchev–Trinajstić information content (AvgIpc) is 2.76. The zero-order chi connectivity index (χ0) is 22.6. The second-order valence-electron chi connectivity index (χ2n) is 6.89. The number of hydrogen-bond donors (Lipinski definition) is 2. The number of sulfonamides is 1. The van der Waals surface area contributed by atoms with E-state index in [0.29, 0.717) is 16.5 Å². The molecule has 3 N–H and O–H groups in total. The molecule has 1 fully saturated rings. The van der Waals surface area contributed by atoms with Gasteiger partial charge in [0.25, 0.3) is 11.8 Å². The standard InChI is InChI=1S/C20H22BrFN4O4S/c21-15-4-1-3-14(13-15)20(28)25-11-2-12-26(19(25)18(27)24-10-9-23)31(29,30)17-7-5-16(22)6-8-17/h1,3-8,13,19H,2,9-12,23H2,(H,24,27). The van der Waals surface area contributed by atoms with Gasteiger partial charge in [-0.15, -0.1) is 0 Å². The van der Waals surface area contributed by atoms with Gasteiger partial charge in [0.1, 0.15) is 5.82 Å². The Bertz CT molecular complexity index is 1070. The minimum atomic E-state index is -4.18. The van der Waals surface area contributed by atoms with E-state index in [0.717, 1.165) is 28.6 Å². The summed E-state index contributed by atoms with van der Waals surface area (Å²) in [4.78, 5) is 27.3. The molecule has 3 rings (SSSR count). The SMILES string of the molecule is NCCNC(=O)C1N(C(=O)c2cccc(Br)c2)CCCN1S(=O)(=O)c1ccc(F)cc1. The van der Waals surface area contributed by atoms with Crippen LogP contribution in [0.5, 0.6) is 0 Å². The topological polar surface area (TPSA) is 113 Å². The van der Waals surface area contributed by atoms with Gasteiger partial charge in [-0.25, -0.2) is 12.8 Å². The van der Waals surface area contributed by atoms with E-state index in [-0.39, 0.29) is 31.1 Å². The minimum Gasteiger partial charge on any atom is -0.352 e. The fraction of sp³-hybridized carbons (Fsp3) is 0.300. The van der Waals surface area contributed by atoms with Gasteiger partial charge >= 0.3 is 0 Å². The molecule has 1 unspecified atom stereocenters. The second-order valence-corrected chi connectivity index (χ2v) is 9.69. The molecule has 1 atom stereocenters. The molecule has 166 valence electrons. The molecule has 11 heteroatoms. The van der Waals surface area contributed by atoms with E-state index in [1.807, 2.05) is 0 Å². The van der Waals surface area contributed by atoms with Gasteiger partial charge in [0.15, 0.2) is 6.17 Å². The summed E-state index contributed by atoms with van der Waals surface area (Å²) in [7, 11) is -4.18. The predicted molar refractivity (Wildman–Crippen MR) is 116 cm³/mol. The molecule has 0 saturated carbocycles. The number of halogens is 2. The van der Waals surface area contributed by atoms with Crippen LogP contribution in [0.15, 0.2) is 57.9 Å². The summed E-state index contributed by atoms with van der Waals surface area (Å²) in [5.41, 5.74) is 5.78. The largest absolute Gasteiger partial charge is 0.352 e. The maximum atomic E-state index is 13.3. The van der Waals surface area contributed by atoms with Crippen molar-refractivity contribution in [2.75, 3.05) is 26.2 Å². The Morgan fingerprint density at radius 2 is 1.87 bits per heavy atom. The molecular weight excluding hydrogens is 491 g/mol. The summed E-state index contributed by atoms with van der Waals surface area (Å²) >= 11 is 3.31. The zero-order valence-corrected chi connectivity index (χ0v) is 18.9. The van der Waals surface area contributed by atoms with E-state index in [4.69, 9.17) is 5.73 Å². The highest BCUT2D eigenvalue weighted by Gasteiger charge is 2.44. The average molecular weight is 513 g/mol. The van der Waals surface area contributed by atoms with Crippen molar-refractivity contribution in [3.63, 3.8) is 0 Å². The molecular formula is C20H22BrFN4O4S. The Balaban J connectivity index is 2.02. The normalized spacial score (nSPS) is 17.4. The third-order valence-corrected chi connectivity index (χ3v) is 7.14. The molecule has 2 aromatic rings. The smallest absolute Gasteiger partial charge is 0.259 e. The Labute approximate surface area is 188 Å². The van der Waals surface area contributed by atoms with Crippen molar-refractivity contribution in [3.8, 4) is 0 Å². The summed E-state index contributed by atoms with van der Waals surface area (Å²) in [6.07, 6.45) is -1.07. The molecule has 2 aromatic carbocycles. The van der Waals surface area contributed by atoms with Crippen LogP contribution >= 0.6 is 15.9 Å². The minimum absolute atomic E-state index is 0.0304. The van der Waals surface area contributed by atoms with E-state index in [9.17, 15) is 22.4 Å². The van der Waals surface area contributed by atoms with Gasteiger partial charge in [-0.1, -0.05) is 22.0 Å². The second kappa shape index (κ2) is 9.86. The molecule has 0 radical (unpaired) electrons. The van der Waals surface area contributed by atoms with E-state index < -0.39 is 33.8 Å². The number of nitrogens with zero attached hydrogens (tertiary/aromatic N) is 2. The molecule has 0 bridgehead atoms. The molecule has 1 saturated heterocycles. The van der Waals surface area contributed by atoms with Crippen molar-refractivity contribution in [2.45, 2.75) is 17.5 Å². The van der Waals surface area contributed by atoms with Crippen LogP contribution in [0.3, 0.4) is 0 Å². The fourth-order valence-electron chi connectivity index (χ4n) is 3.35. The molecule has 1 heterocycles. The number of benzene rings is 2.